The lowest BCUT2D eigenvalue weighted by Crippen LogP contribution is -2.72. The molecule has 0 bridgehead atoms. The first-order chi connectivity index (χ1) is 12.9. The fourth-order valence-corrected chi connectivity index (χ4v) is 4.19. The first-order valence-electron chi connectivity index (χ1n) is 8.77. The van der Waals surface area contributed by atoms with Crippen molar-refractivity contribution in [3.8, 4) is 0 Å². The summed E-state index contributed by atoms with van der Waals surface area (Å²) in [5.74, 6) is -0.815. The van der Waals surface area contributed by atoms with Gasteiger partial charge in [0.05, 0.1) is 6.54 Å². The fourth-order valence-electron chi connectivity index (χ4n) is 4.03. The lowest BCUT2D eigenvalue weighted by Gasteiger charge is -2.54. The smallest absolute Gasteiger partial charge is 0.249 e. The molecule has 6 nitrogen and oxygen atoms in total. The third-order valence-electron chi connectivity index (χ3n) is 5.60. The van der Waals surface area contributed by atoms with Gasteiger partial charge in [-0.3, -0.25) is 9.79 Å². The molecule has 144 valence electrons. The van der Waals surface area contributed by atoms with Crippen molar-refractivity contribution in [2.75, 3.05) is 26.8 Å². The molecule has 2 saturated heterocycles. The zero-order valence-electron chi connectivity index (χ0n) is 14.8. The van der Waals surface area contributed by atoms with Crippen LogP contribution in [0.5, 0.6) is 0 Å². The third kappa shape index (κ3) is 3.00. The first-order valence-corrected chi connectivity index (χ1v) is 9.15. The van der Waals surface area contributed by atoms with Crippen molar-refractivity contribution in [2.45, 2.75) is 31.0 Å². The van der Waals surface area contributed by atoms with Crippen LogP contribution in [-0.2, 0) is 16.1 Å². The van der Waals surface area contributed by atoms with Gasteiger partial charge in [0, 0.05) is 51.3 Å². The quantitative estimate of drug-likeness (QED) is 0.720. The highest BCUT2D eigenvalue weighted by atomic mass is 35.5. The van der Waals surface area contributed by atoms with Crippen LogP contribution in [0.1, 0.15) is 18.4 Å². The second kappa shape index (κ2) is 6.83. The highest BCUT2D eigenvalue weighted by Crippen LogP contribution is 2.37. The largest absolute Gasteiger partial charge is 0.381 e. The number of halogens is 3. The minimum Gasteiger partial charge on any atom is -0.381 e. The number of carbonyl (C=O) groups is 1. The van der Waals surface area contributed by atoms with Crippen LogP contribution in [0, 0.1) is 11.6 Å². The number of likely N-dealkylation sites (N-methyl/N-ethyl adjacent to an activating group) is 1. The number of carbonyl (C=O) groups excluding carboxylic acids is 1. The number of benzene rings is 1. The highest BCUT2D eigenvalue weighted by Gasteiger charge is 2.54. The molecule has 27 heavy (non-hydrogen) atoms. The van der Waals surface area contributed by atoms with Gasteiger partial charge >= 0.3 is 0 Å². The Morgan fingerprint density at radius 3 is 2.78 bits per heavy atom. The van der Waals surface area contributed by atoms with Gasteiger partial charge in [-0.2, -0.15) is 0 Å². The zero-order chi connectivity index (χ0) is 19.2. The predicted octanol–water partition coefficient (Wildman–Crippen LogP) is 2.16. The molecule has 0 saturated carbocycles. The second-order valence-electron chi connectivity index (χ2n) is 6.97. The summed E-state index contributed by atoms with van der Waals surface area (Å²) in [4.78, 5) is 25.5. The monoisotopic (exact) mass is 396 g/mol. The van der Waals surface area contributed by atoms with E-state index >= 15 is 0 Å². The van der Waals surface area contributed by atoms with Crippen LogP contribution >= 0.6 is 11.6 Å². The summed E-state index contributed by atoms with van der Waals surface area (Å²) in [6, 6.07) is 2.94. The Kier molecular flexibility index (Phi) is 4.63. The number of ether oxygens (including phenoxy) is 1. The zero-order valence-corrected chi connectivity index (χ0v) is 15.5. The molecule has 0 aromatic heterocycles. The fraction of sp³-hybridized carbons (Fsp3) is 0.500. The number of fused-ring (bicyclic) bond motifs is 1. The van der Waals surface area contributed by atoms with E-state index in [0.717, 1.165) is 6.07 Å². The molecule has 0 aliphatic carbocycles. The van der Waals surface area contributed by atoms with E-state index in [1.54, 1.807) is 4.90 Å². The number of aliphatic imine (C=N–C) groups is 2. The van der Waals surface area contributed by atoms with E-state index in [1.807, 2.05) is 11.9 Å². The van der Waals surface area contributed by atoms with E-state index in [2.05, 4.69) is 9.98 Å². The van der Waals surface area contributed by atoms with Crippen molar-refractivity contribution in [3.05, 3.63) is 35.4 Å². The maximum Gasteiger partial charge on any atom is 0.249 e. The molecule has 9 heteroatoms. The summed E-state index contributed by atoms with van der Waals surface area (Å²) < 4.78 is 32.9. The van der Waals surface area contributed by atoms with E-state index in [0.29, 0.717) is 31.9 Å². The molecule has 3 heterocycles. The molecule has 1 spiro atoms. The Balaban J connectivity index is 1.75. The van der Waals surface area contributed by atoms with Gasteiger partial charge in [-0.15, -0.1) is 0 Å². The Morgan fingerprint density at radius 2 is 2.07 bits per heavy atom. The predicted molar refractivity (Wildman–Crippen MR) is 96.8 cm³/mol. The number of amides is 1. The molecule has 2 fully saturated rings. The normalized spacial score (nSPS) is 24.6. The van der Waals surface area contributed by atoms with Crippen molar-refractivity contribution in [1.29, 1.82) is 0 Å². The van der Waals surface area contributed by atoms with Gasteiger partial charge < -0.3 is 14.5 Å². The summed E-state index contributed by atoms with van der Waals surface area (Å²) in [5.41, 5.74) is -0.560. The minimum absolute atomic E-state index is 0.0121. The first kappa shape index (κ1) is 18.3. The van der Waals surface area contributed by atoms with Crippen LogP contribution < -0.4 is 0 Å². The number of amidine groups is 2. The van der Waals surface area contributed by atoms with Crippen LogP contribution in [0.25, 0.3) is 0 Å². The van der Waals surface area contributed by atoms with Crippen LogP contribution in [0.3, 0.4) is 0 Å². The number of piperazine rings is 1. The third-order valence-corrected chi connectivity index (χ3v) is 5.80. The maximum absolute atomic E-state index is 14.2. The Hall–Kier alpha value is -2.06. The summed E-state index contributed by atoms with van der Waals surface area (Å²) >= 11 is 6.02. The molecule has 1 unspecified atom stereocenters. The summed E-state index contributed by atoms with van der Waals surface area (Å²) in [6.45, 7) is 1.17. The van der Waals surface area contributed by atoms with Crippen molar-refractivity contribution < 1.29 is 18.3 Å². The van der Waals surface area contributed by atoms with Crippen molar-refractivity contribution >= 4 is 28.6 Å². The maximum atomic E-state index is 14.2. The van der Waals surface area contributed by atoms with Gasteiger partial charge in [0.1, 0.15) is 29.1 Å². The van der Waals surface area contributed by atoms with E-state index in [1.165, 1.54) is 12.1 Å². The van der Waals surface area contributed by atoms with E-state index in [9.17, 15) is 13.6 Å². The highest BCUT2D eigenvalue weighted by molar-refractivity contribution is 6.65. The van der Waals surface area contributed by atoms with Gasteiger partial charge in [-0.25, -0.2) is 13.8 Å². The molecule has 1 amide bonds. The van der Waals surface area contributed by atoms with Gasteiger partial charge in [-0.05, 0) is 17.7 Å². The van der Waals surface area contributed by atoms with Crippen molar-refractivity contribution in [2.24, 2.45) is 9.98 Å². The van der Waals surface area contributed by atoms with E-state index < -0.39 is 23.2 Å². The van der Waals surface area contributed by atoms with Crippen LogP contribution in [0.4, 0.5) is 8.78 Å². The molecule has 3 aliphatic heterocycles. The van der Waals surface area contributed by atoms with Crippen LogP contribution in [0.15, 0.2) is 28.2 Å². The van der Waals surface area contributed by atoms with Crippen LogP contribution in [-0.4, -0.2) is 65.2 Å². The number of hydrogen-bond acceptors (Lipinski definition) is 5. The van der Waals surface area contributed by atoms with Gasteiger partial charge in [0.2, 0.25) is 11.2 Å². The molecular formula is C18H19ClF2N4O2. The van der Waals surface area contributed by atoms with Gasteiger partial charge in [-0.1, -0.05) is 6.07 Å². The van der Waals surface area contributed by atoms with E-state index in [4.69, 9.17) is 16.3 Å². The molecule has 0 N–H and O–H groups in total. The number of nitrogens with zero attached hydrogens (tertiary/aromatic N) is 4. The second-order valence-corrected chi connectivity index (χ2v) is 7.31. The Labute approximate surface area is 160 Å². The number of rotatable bonds is 2. The van der Waals surface area contributed by atoms with Crippen LogP contribution in [0.2, 0.25) is 0 Å². The molecular weight excluding hydrogens is 378 g/mol. The average Bonchev–Trinajstić information content (AvgIpc) is 2.66. The summed E-state index contributed by atoms with van der Waals surface area (Å²) in [7, 11) is 1.83. The topological polar surface area (TPSA) is 57.5 Å². The Morgan fingerprint density at radius 1 is 1.33 bits per heavy atom. The average molecular weight is 397 g/mol. The standard InChI is InChI=1S/C18H19ClF2N4O2/c1-24-15-14(9-22-17(19)23-15)25(10-11-2-3-12(20)8-13(11)21)16(26)18(24)4-6-27-7-5-18/h2-3,8,14H,4-7,9-10H2,1H3. The summed E-state index contributed by atoms with van der Waals surface area (Å²) in [5, 5.41) is 0.137. The molecule has 1 aromatic rings. The van der Waals surface area contributed by atoms with Crippen molar-refractivity contribution in [1.82, 2.24) is 9.80 Å². The minimum atomic E-state index is -0.807. The lowest BCUT2D eigenvalue weighted by molar-refractivity contribution is -0.153. The summed E-state index contributed by atoms with van der Waals surface area (Å²) in [6.07, 6.45) is 1.01. The molecule has 1 atom stereocenters. The molecule has 4 rings (SSSR count). The van der Waals surface area contributed by atoms with Gasteiger partial charge in [0.25, 0.3) is 0 Å². The molecule has 0 radical (unpaired) electrons. The van der Waals surface area contributed by atoms with Crippen molar-refractivity contribution in [3.63, 3.8) is 0 Å². The SMILES string of the molecule is CN1C2=NC(Cl)=NCC2N(Cc2ccc(F)cc2F)C(=O)C12CCOCC2. The van der Waals surface area contributed by atoms with E-state index in [-0.39, 0.29) is 29.9 Å². The number of hydrogen-bond donors (Lipinski definition) is 0. The lowest BCUT2D eigenvalue weighted by atomic mass is 9.82. The molecule has 3 aliphatic rings. The Bertz CT molecular complexity index is 839. The molecule has 1 aromatic carbocycles. The van der Waals surface area contributed by atoms with Gasteiger partial charge in [0.15, 0.2) is 0 Å².